The summed E-state index contributed by atoms with van der Waals surface area (Å²) in [5, 5.41) is 0.920. The van der Waals surface area contributed by atoms with Crippen LogP contribution in [-0.4, -0.2) is 27.8 Å². The van der Waals surface area contributed by atoms with Gasteiger partial charge in [-0.1, -0.05) is 17.8 Å². The number of aromatic nitrogens is 2. The Morgan fingerprint density at radius 2 is 2.28 bits per heavy atom. The number of hydrogen-bond acceptors (Lipinski definition) is 3. The van der Waals surface area contributed by atoms with Crippen LogP contribution in [0.4, 0.5) is 0 Å². The predicted molar refractivity (Wildman–Crippen MR) is 79.0 cm³/mol. The number of imidazole rings is 1. The summed E-state index contributed by atoms with van der Waals surface area (Å²) < 4.78 is 5.43. The molecule has 0 spiro atoms. The molecule has 0 amide bonds. The number of nitrogens with zero attached hydrogens (tertiary/aromatic N) is 1. The minimum absolute atomic E-state index is 0. The monoisotopic (exact) mass is 288 g/mol. The summed E-state index contributed by atoms with van der Waals surface area (Å²) in [6.07, 6.45) is 1.86. The van der Waals surface area contributed by atoms with Gasteiger partial charge in [-0.05, 0) is 19.1 Å². The van der Waals surface area contributed by atoms with E-state index in [2.05, 4.69) is 16.5 Å². The summed E-state index contributed by atoms with van der Waals surface area (Å²) in [6.45, 7) is 6.34. The average molecular weight is 289 g/mol. The molecule has 18 heavy (non-hydrogen) atoms. The number of H-pyrrole nitrogens is 1. The Balaban J connectivity index is 0.00000144. The minimum atomic E-state index is 0. The Morgan fingerprint density at radius 1 is 1.50 bits per heavy atom. The van der Waals surface area contributed by atoms with Crippen LogP contribution < -0.4 is 4.74 Å². The second kappa shape index (κ2) is 8.02. The van der Waals surface area contributed by atoms with E-state index >= 15 is 0 Å². The lowest BCUT2D eigenvalue weighted by molar-refractivity contribution is 0.340. The van der Waals surface area contributed by atoms with E-state index in [1.54, 1.807) is 11.8 Å². The molecule has 0 aliphatic carbocycles. The zero-order valence-electron chi connectivity index (χ0n) is 10.1. The third-order valence-electron chi connectivity index (χ3n) is 2.08. The molecule has 4 nitrogen and oxygen atoms in total. The number of rotatable bonds is 5. The molecular formula is C12H17ClN2O2S. The number of aromatic amines is 1. The van der Waals surface area contributed by atoms with Crippen molar-refractivity contribution in [1.29, 1.82) is 0 Å². The molecule has 0 bridgehead atoms. The SMILES string of the molecule is C=CCSc1nc2ccc(OCC)cc2[nH]1.Cl.O. The summed E-state index contributed by atoms with van der Waals surface area (Å²) in [4.78, 5) is 7.71. The number of fused-ring (bicyclic) bond motifs is 1. The Kier molecular flexibility index (Phi) is 7.50. The van der Waals surface area contributed by atoms with Crippen molar-refractivity contribution >= 4 is 35.2 Å². The Hall–Kier alpha value is -1.17. The van der Waals surface area contributed by atoms with E-state index in [4.69, 9.17) is 4.74 Å². The maximum atomic E-state index is 5.43. The zero-order chi connectivity index (χ0) is 11.4. The van der Waals surface area contributed by atoms with E-state index in [1.807, 2.05) is 31.2 Å². The highest BCUT2D eigenvalue weighted by Gasteiger charge is 2.03. The van der Waals surface area contributed by atoms with E-state index in [1.165, 1.54) is 0 Å². The molecule has 2 aromatic rings. The topological polar surface area (TPSA) is 69.4 Å². The van der Waals surface area contributed by atoms with Gasteiger partial charge in [0.15, 0.2) is 5.16 Å². The molecule has 6 heteroatoms. The highest BCUT2D eigenvalue weighted by atomic mass is 35.5. The molecule has 2 rings (SSSR count). The van der Waals surface area contributed by atoms with Gasteiger partial charge >= 0.3 is 0 Å². The van der Waals surface area contributed by atoms with Gasteiger partial charge in [-0.2, -0.15) is 0 Å². The quantitative estimate of drug-likeness (QED) is 0.679. The highest BCUT2D eigenvalue weighted by molar-refractivity contribution is 7.99. The molecular weight excluding hydrogens is 272 g/mol. The van der Waals surface area contributed by atoms with Crippen molar-refractivity contribution in [2.75, 3.05) is 12.4 Å². The lowest BCUT2D eigenvalue weighted by atomic mass is 10.3. The fraction of sp³-hybridized carbons (Fsp3) is 0.250. The lowest BCUT2D eigenvalue weighted by Crippen LogP contribution is -1.90. The summed E-state index contributed by atoms with van der Waals surface area (Å²) in [6, 6.07) is 5.88. The molecule has 0 atom stereocenters. The van der Waals surface area contributed by atoms with Crippen molar-refractivity contribution in [3.8, 4) is 5.75 Å². The third kappa shape index (κ3) is 3.94. The molecule has 100 valence electrons. The Bertz CT molecular complexity index is 502. The van der Waals surface area contributed by atoms with Gasteiger partial charge in [0.05, 0.1) is 17.6 Å². The van der Waals surface area contributed by atoms with Gasteiger partial charge in [-0.15, -0.1) is 19.0 Å². The first-order chi connectivity index (χ1) is 7.83. The molecule has 0 aliphatic heterocycles. The number of halogens is 1. The highest BCUT2D eigenvalue weighted by Crippen LogP contribution is 2.23. The van der Waals surface area contributed by atoms with E-state index in [0.717, 1.165) is 27.7 Å². The van der Waals surface area contributed by atoms with Gasteiger partial charge in [-0.25, -0.2) is 4.98 Å². The Labute approximate surface area is 117 Å². The molecule has 3 N–H and O–H groups in total. The van der Waals surface area contributed by atoms with Crippen LogP contribution in [0.15, 0.2) is 36.0 Å². The van der Waals surface area contributed by atoms with Crippen molar-refractivity contribution < 1.29 is 10.2 Å². The first-order valence-electron chi connectivity index (χ1n) is 5.19. The largest absolute Gasteiger partial charge is 0.494 e. The average Bonchev–Trinajstić information content (AvgIpc) is 2.68. The van der Waals surface area contributed by atoms with Gasteiger partial charge in [0.2, 0.25) is 0 Å². The lowest BCUT2D eigenvalue weighted by Gasteiger charge is -2.00. The van der Waals surface area contributed by atoms with Crippen LogP contribution in [0.2, 0.25) is 0 Å². The van der Waals surface area contributed by atoms with Crippen molar-refractivity contribution in [3.63, 3.8) is 0 Å². The maximum absolute atomic E-state index is 5.43. The molecule has 0 saturated carbocycles. The van der Waals surface area contributed by atoms with Crippen LogP contribution in [0.5, 0.6) is 5.75 Å². The molecule has 0 aliphatic rings. The van der Waals surface area contributed by atoms with E-state index in [0.29, 0.717) is 6.61 Å². The van der Waals surface area contributed by atoms with Gasteiger partial charge < -0.3 is 15.2 Å². The molecule has 0 saturated heterocycles. The van der Waals surface area contributed by atoms with Gasteiger partial charge in [-0.3, -0.25) is 0 Å². The minimum Gasteiger partial charge on any atom is -0.494 e. The standard InChI is InChI=1S/C12H14N2OS.ClH.H2O/c1-3-7-16-12-13-10-6-5-9(15-4-2)8-11(10)14-12;;/h3,5-6,8H,1,4,7H2,2H3,(H,13,14);1H;1H2. The van der Waals surface area contributed by atoms with Gasteiger partial charge in [0, 0.05) is 11.8 Å². The van der Waals surface area contributed by atoms with Crippen LogP contribution in [0, 0.1) is 0 Å². The number of thioether (sulfide) groups is 1. The molecule has 0 fully saturated rings. The predicted octanol–water partition coefficient (Wildman–Crippen LogP) is 2.84. The van der Waals surface area contributed by atoms with E-state index < -0.39 is 0 Å². The number of benzene rings is 1. The number of hydrogen-bond donors (Lipinski definition) is 1. The van der Waals surface area contributed by atoms with E-state index in [9.17, 15) is 0 Å². The second-order valence-corrected chi connectivity index (χ2v) is 4.26. The van der Waals surface area contributed by atoms with Crippen molar-refractivity contribution in [3.05, 3.63) is 30.9 Å². The van der Waals surface area contributed by atoms with Gasteiger partial charge in [0.25, 0.3) is 0 Å². The first-order valence-corrected chi connectivity index (χ1v) is 6.18. The fourth-order valence-corrected chi connectivity index (χ4v) is 2.05. The van der Waals surface area contributed by atoms with Crippen LogP contribution in [0.1, 0.15) is 6.92 Å². The van der Waals surface area contributed by atoms with Crippen molar-refractivity contribution in [2.24, 2.45) is 0 Å². The normalized spacial score (nSPS) is 9.39. The fourth-order valence-electron chi connectivity index (χ4n) is 1.43. The molecule has 0 unspecified atom stereocenters. The van der Waals surface area contributed by atoms with Crippen molar-refractivity contribution in [2.45, 2.75) is 12.1 Å². The zero-order valence-corrected chi connectivity index (χ0v) is 11.7. The van der Waals surface area contributed by atoms with Gasteiger partial charge in [0.1, 0.15) is 5.75 Å². The number of ether oxygens (including phenoxy) is 1. The summed E-state index contributed by atoms with van der Waals surface area (Å²) in [7, 11) is 0. The molecule has 1 heterocycles. The molecule has 0 radical (unpaired) electrons. The van der Waals surface area contributed by atoms with Crippen LogP contribution in [0.3, 0.4) is 0 Å². The Morgan fingerprint density at radius 3 is 2.94 bits per heavy atom. The van der Waals surface area contributed by atoms with Crippen LogP contribution >= 0.6 is 24.2 Å². The second-order valence-electron chi connectivity index (χ2n) is 3.25. The first kappa shape index (κ1) is 16.8. The molecule has 1 aromatic heterocycles. The summed E-state index contributed by atoms with van der Waals surface area (Å²) in [5.74, 6) is 1.73. The van der Waals surface area contributed by atoms with Crippen LogP contribution in [-0.2, 0) is 0 Å². The third-order valence-corrected chi connectivity index (χ3v) is 2.95. The van der Waals surface area contributed by atoms with Crippen molar-refractivity contribution in [1.82, 2.24) is 9.97 Å². The number of nitrogens with one attached hydrogen (secondary N) is 1. The smallest absolute Gasteiger partial charge is 0.166 e. The van der Waals surface area contributed by atoms with Crippen LogP contribution in [0.25, 0.3) is 11.0 Å². The van der Waals surface area contributed by atoms with E-state index in [-0.39, 0.29) is 17.9 Å². The molecule has 1 aromatic carbocycles. The maximum Gasteiger partial charge on any atom is 0.166 e. The summed E-state index contributed by atoms with van der Waals surface area (Å²) in [5.41, 5.74) is 1.98. The summed E-state index contributed by atoms with van der Waals surface area (Å²) >= 11 is 1.64.